The first-order valence-corrected chi connectivity index (χ1v) is 9.89. The number of nitro benzene ring substituents is 2. The fraction of sp³-hybridized carbons (Fsp3) is 0.250. The largest absolute Gasteiger partial charge is 0.389 e. The second-order valence-electron chi connectivity index (χ2n) is 7.17. The van der Waals surface area contributed by atoms with Crippen LogP contribution in [-0.2, 0) is 6.42 Å². The molecule has 2 aromatic rings. The summed E-state index contributed by atoms with van der Waals surface area (Å²) in [7, 11) is 0. The van der Waals surface area contributed by atoms with Gasteiger partial charge >= 0.3 is 0 Å². The smallest absolute Gasteiger partial charge is 0.279 e. The average molecular weight is 458 g/mol. The van der Waals surface area contributed by atoms with Crippen molar-refractivity contribution in [2.45, 2.75) is 26.2 Å². The summed E-state index contributed by atoms with van der Waals surface area (Å²) in [5.41, 5.74) is 12.9. The van der Waals surface area contributed by atoms with Crippen molar-refractivity contribution in [2.24, 2.45) is 17.4 Å². The first-order chi connectivity index (χ1) is 14.5. The zero-order valence-electron chi connectivity index (χ0n) is 16.7. The third-order valence-corrected chi connectivity index (χ3v) is 5.38. The molecule has 2 rings (SSSR count). The monoisotopic (exact) mass is 457 g/mol. The number of nitrogens with zero attached hydrogens (tertiary/aromatic N) is 3. The topological polar surface area (TPSA) is 162 Å². The number of nitro groups is 2. The molecule has 0 aliphatic rings. The Morgan fingerprint density at radius 2 is 1.68 bits per heavy atom. The van der Waals surface area contributed by atoms with Gasteiger partial charge in [0, 0.05) is 22.8 Å². The molecule has 1 unspecified atom stereocenters. The van der Waals surface area contributed by atoms with E-state index in [-0.39, 0.29) is 50.7 Å². The van der Waals surface area contributed by atoms with Crippen molar-refractivity contribution in [3.8, 4) is 6.07 Å². The molecule has 1 atom stereocenters. The van der Waals surface area contributed by atoms with Gasteiger partial charge in [-0.1, -0.05) is 44.3 Å². The minimum absolute atomic E-state index is 0.00116. The zero-order valence-corrected chi connectivity index (χ0v) is 18.3. The van der Waals surface area contributed by atoms with Crippen LogP contribution in [0.15, 0.2) is 30.3 Å². The summed E-state index contributed by atoms with van der Waals surface area (Å²) in [6, 6.07) is 8.83. The quantitative estimate of drug-likeness (QED) is 0.342. The summed E-state index contributed by atoms with van der Waals surface area (Å²) in [6.45, 7) is 3.84. The lowest BCUT2D eigenvalue weighted by Gasteiger charge is -2.26. The Balaban J connectivity index is 2.72. The van der Waals surface area contributed by atoms with E-state index in [2.05, 4.69) is 0 Å². The van der Waals surface area contributed by atoms with Crippen LogP contribution in [0.4, 0.5) is 11.4 Å². The summed E-state index contributed by atoms with van der Waals surface area (Å²) in [5.74, 6) is -0.354. The van der Waals surface area contributed by atoms with Gasteiger partial charge in [0.25, 0.3) is 11.4 Å². The highest BCUT2D eigenvalue weighted by Crippen LogP contribution is 2.36. The van der Waals surface area contributed by atoms with Crippen LogP contribution in [0, 0.1) is 37.5 Å². The Morgan fingerprint density at radius 1 is 1.06 bits per heavy atom. The first-order valence-electron chi connectivity index (χ1n) is 9.07. The van der Waals surface area contributed by atoms with Gasteiger partial charge in [-0.25, -0.2) is 0 Å². The molecular weight excluding hydrogens is 438 g/mol. The van der Waals surface area contributed by atoms with Gasteiger partial charge in [0.15, 0.2) is 0 Å². The lowest BCUT2D eigenvalue weighted by atomic mass is 9.79. The van der Waals surface area contributed by atoms with Crippen LogP contribution in [0.25, 0.3) is 0 Å². The van der Waals surface area contributed by atoms with Crippen LogP contribution < -0.4 is 11.5 Å². The maximum absolute atomic E-state index is 11.6. The average Bonchev–Trinajstić information content (AvgIpc) is 2.70. The standard InChI is InChI=1S/C20H19N5O4S2/c1-10(2)15(7-11-3-5-13(24(26)27)8-16(11)25(28)29)14-6-4-12(9-21)17(19(22)30)18(14)20(23)31/h3-6,8,10,15H,7H2,1-2H3,(H2,22,30)(H2,23,31). The number of benzene rings is 2. The Hall–Kier alpha value is -3.49. The molecule has 0 heterocycles. The van der Waals surface area contributed by atoms with Crippen LogP contribution in [0.1, 0.15) is 47.6 Å². The minimum Gasteiger partial charge on any atom is -0.389 e. The van der Waals surface area contributed by atoms with Gasteiger partial charge in [-0.15, -0.1) is 0 Å². The second-order valence-corrected chi connectivity index (χ2v) is 8.05. The number of hydrogen-bond acceptors (Lipinski definition) is 7. The highest BCUT2D eigenvalue weighted by Gasteiger charge is 2.28. The van der Waals surface area contributed by atoms with Crippen LogP contribution in [0.3, 0.4) is 0 Å². The molecule has 0 aromatic heterocycles. The van der Waals surface area contributed by atoms with E-state index in [0.29, 0.717) is 16.7 Å². The van der Waals surface area contributed by atoms with E-state index in [0.717, 1.165) is 6.07 Å². The van der Waals surface area contributed by atoms with Crippen LogP contribution in [0.5, 0.6) is 0 Å². The van der Waals surface area contributed by atoms with E-state index in [1.165, 1.54) is 12.1 Å². The molecule has 0 aliphatic heterocycles. The molecule has 160 valence electrons. The maximum Gasteiger partial charge on any atom is 0.279 e. The molecule has 0 fully saturated rings. The fourth-order valence-corrected chi connectivity index (χ4v) is 3.92. The molecule has 0 radical (unpaired) electrons. The van der Waals surface area contributed by atoms with E-state index in [9.17, 15) is 25.5 Å². The Kier molecular flexibility index (Phi) is 7.32. The Bertz CT molecular complexity index is 1140. The minimum atomic E-state index is -0.684. The molecule has 0 bridgehead atoms. The van der Waals surface area contributed by atoms with Crippen LogP contribution in [0.2, 0.25) is 0 Å². The summed E-state index contributed by atoms with van der Waals surface area (Å²) >= 11 is 10.3. The molecule has 4 N–H and O–H groups in total. The Morgan fingerprint density at radius 3 is 2.13 bits per heavy atom. The third kappa shape index (κ3) is 4.99. The predicted octanol–water partition coefficient (Wildman–Crippen LogP) is 3.63. The number of non-ortho nitro benzene ring substituents is 1. The van der Waals surface area contributed by atoms with Gasteiger partial charge in [-0.2, -0.15) is 5.26 Å². The van der Waals surface area contributed by atoms with Crippen LogP contribution >= 0.6 is 24.4 Å². The summed E-state index contributed by atoms with van der Waals surface area (Å²) in [6.07, 6.45) is 0.185. The highest BCUT2D eigenvalue weighted by atomic mass is 32.1. The highest BCUT2D eigenvalue weighted by molar-refractivity contribution is 7.81. The molecule has 9 nitrogen and oxygen atoms in total. The summed E-state index contributed by atoms with van der Waals surface area (Å²) in [4.78, 5) is 21.2. The van der Waals surface area contributed by atoms with Crippen molar-refractivity contribution in [3.05, 3.63) is 78.4 Å². The third-order valence-electron chi connectivity index (χ3n) is 4.97. The predicted molar refractivity (Wildman–Crippen MR) is 124 cm³/mol. The van der Waals surface area contributed by atoms with E-state index in [4.69, 9.17) is 35.9 Å². The van der Waals surface area contributed by atoms with Gasteiger partial charge in [-0.05, 0) is 36.0 Å². The van der Waals surface area contributed by atoms with Gasteiger partial charge in [0.2, 0.25) is 0 Å². The van der Waals surface area contributed by atoms with E-state index < -0.39 is 9.85 Å². The van der Waals surface area contributed by atoms with Crippen molar-refractivity contribution in [1.29, 1.82) is 5.26 Å². The molecule has 11 heteroatoms. The SMILES string of the molecule is CC(C)C(Cc1ccc([N+](=O)[O-])cc1[N+](=O)[O-])c1ccc(C#N)c(C(N)=S)c1C(N)=S. The lowest BCUT2D eigenvalue weighted by Crippen LogP contribution is -2.25. The number of thiocarbonyl (C=S) groups is 2. The molecular formula is C20H19N5O4S2. The molecule has 0 saturated carbocycles. The van der Waals surface area contributed by atoms with Gasteiger partial charge in [0.1, 0.15) is 9.98 Å². The zero-order chi connectivity index (χ0) is 23.5. The molecule has 31 heavy (non-hydrogen) atoms. The number of nitriles is 1. The number of nitrogens with two attached hydrogens (primary N) is 2. The van der Waals surface area contributed by atoms with E-state index in [1.807, 2.05) is 19.9 Å². The van der Waals surface area contributed by atoms with Gasteiger partial charge in [-0.3, -0.25) is 20.2 Å². The van der Waals surface area contributed by atoms with Crippen LogP contribution in [-0.4, -0.2) is 19.8 Å². The normalized spacial score (nSPS) is 11.5. The molecule has 0 saturated heterocycles. The van der Waals surface area contributed by atoms with E-state index >= 15 is 0 Å². The first kappa shape index (κ1) is 23.8. The van der Waals surface area contributed by atoms with Crippen molar-refractivity contribution in [2.75, 3.05) is 0 Å². The fourth-order valence-electron chi connectivity index (χ4n) is 3.49. The molecule has 0 amide bonds. The second kappa shape index (κ2) is 9.55. The van der Waals surface area contributed by atoms with Crippen molar-refractivity contribution in [3.63, 3.8) is 0 Å². The maximum atomic E-state index is 11.6. The number of rotatable bonds is 8. The summed E-state index contributed by atoms with van der Waals surface area (Å²) < 4.78 is 0. The van der Waals surface area contributed by atoms with Crippen molar-refractivity contribution < 1.29 is 9.85 Å². The molecule has 0 spiro atoms. The van der Waals surface area contributed by atoms with Gasteiger partial charge in [0.05, 0.1) is 27.5 Å². The van der Waals surface area contributed by atoms with Gasteiger partial charge < -0.3 is 11.5 Å². The van der Waals surface area contributed by atoms with Crippen molar-refractivity contribution in [1.82, 2.24) is 0 Å². The van der Waals surface area contributed by atoms with E-state index in [1.54, 1.807) is 12.1 Å². The lowest BCUT2D eigenvalue weighted by molar-refractivity contribution is -0.394. The molecule has 0 aliphatic carbocycles. The Labute approximate surface area is 189 Å². The van der Waals surface area contributed by atoms with Crippen molar-refractivity contribution >= 4 is 45.8 Å². The number of hydrogen-bond donors (Lipinski definition) is 2. The molecule has 2 aromatic carbocycles. The summed E-state index contributed by atoms with van der Waals surface area (Å²) in [5, 5.41) is 32.0.